The van der Waals surface area contributed by atoms with Crippen molar-refractivity contribution in [3.05, 3.63) is 59.0 Å². The van der Waals surface area contributed by atoms with E-state index in [9.17, 15) is 13.6 Å². The van der Waals surface area contributed by atoms with Crippen LogP contribution < -0.4 is 5.32 Å². The molecular formula is C23H26F2N4O2. The van der Waals surface area contributed by atoms with Gasteiger partial charge in [0.15, 0.2) is 5.76 Å². The van der Waals surface area contributed by atoms with Crippen molar-refractivity contribution in [1.82, 2.24) is 20.3 Å². The molecule has 0 aliphatic heterocycles. The van der Waals surface area contributed by atoms with E-state index < -0.39 is 11.6 Å². The largest absolute Gasteiger partial charge is 0.356 e. The van der Waals surface area contributed by atoms with Crippen LogP contribution in [0.3, 0.4) is 0 Å². The van der Waals surface area contributed by atoms with Crippen molar-refractivity contribution in [3.8, 4) is 11.3 Å². The second kappa shape index (κ2) is 8.99. The summed E-state index contributed by atoms with van der Waals surface area (Å²) in [6.07, 6.45) is 5.67. The number of nitrogens with one attached hydrogen (secondary N) is 1. The third kappa shape index (κ3) is 5.00. The van der Waals surface area contributed by atoms with Crippen molar-refractivity contribution in [2.45, 2.75) is 44.9 Å². The number of rotatable bonds is 6. The summed E-state index contributed by atoms with van der Waals surface area (Å²) in [6, 6.07) is 5.08. The van der Waals surface area contributed by atoms with Crippen molar-refractivity contribution in [2.75, 3.05) is 6.54 Å². The average molecular weight is 428 g/mol. The molecule has 0 saturated heterocycles. The summed E-state index contributed by atoms with van der Waals surface area (Å²) in [5, 5.41) is 11.5. The highest BCUT2D eigenvalue weighted by Gasteiger charge is 2.28. The summed E-state index contributed by atoms with van der Waals surface area (Å²) in [4.78, 5) is 12.2. The van der Waals surface area contributed by atoms with E-state index in [4.69, 9.17) is 4.52 Å². The Balaban J connectivity index is 1.30. The van der Waals surface area contributed by atoms with E-state index in [0.29, 0.717) is 18.4 Å². The molecule has 0 radical (unpaired) electrons. The molecule has 0 unspecified atom stereocenters. The Hall–Kier alpha value is -3.03. The fourth-order valence-electron chi connectivity index (χ4n) is 4.30. The predicted molar refractivity (Wildman–Crippen MR) is 111 cm³/mol. The number of halogens is 2. The number of hydrogen-bond acceptors (Lipinski definition) is 4. The minimum Gasteiger partial charge on any atom is -0.356 e. The van der Waals surface area contributed by atoms with Crippen LogP contribution in [0, 0.1) is 24.5 Å². The van der Waals surface area contributed by atoms with E-state index in [-0.39, 0.29) is 17.9 Å². The molecule has 0 spiro atoms. The predicted octanol–water partition coefficient (Wildman–Crippen LogP) is 4.29. The van der Waals surface area contributed by atoms with Crippen molar-refractivity contribution < 1.29 is 18.1 Å². The number of hydrogen-bond donors (Lipinski definition) is 1. The lowest BCUT2D eigenvalue weighted by Crippen LogP contribution is -2.32. The maximum absolute atomic E-state index is 13.7. The third-order valence-electron chi connectivity index (χ3n) is 5.93. The van der Waals surface area contributed by atoms with Crippen molar-refractivity contribution in [1.29, 1.82) is 0 Å². The average Bonchev–Trinajstić information content (AvgIpc) is 3.35. The van der Waals surface area contributed by atoms with Crippen LogP contribution in [-0.4, -0.2) is 27.4 Å². The van der Waals surface area contributed by atoms with Gasteiger partial charge in [0, 0.05) is 37.3 Å². The number of carbonyl (C=O) groups excluding carboxylic acids is 1. The molecule has 1 aliphatic carbocycles. The minimum absolute atomic E-state index is 0.0755. The number of amides is 1. The van der Waals surface area contributed by atoms with Gasteiger partial charge in [0.25, 0.3) is 0 Å². The molecule has 1 fully saturated rings. The van der Waals surface area contributed by atoms with E-state index in [0.717, 1.165) is 66.6 Å². The van der Waals surface area contributed by atoms with Gasteiger partial charge >= 0.3 is 0 Å². The number of nitrogens with zero attached hydrogens (tertiary/aromatic N) is 3. The minimum atomic E-state index is -0.565. The quantitative estimate of drug-likeness (QED) is 0.636. The topological polar surface area (TPSA) is 73.0 Å². The maximum atomic E-state index is 13.7. The Bertz CT molecular complexity index is 1070. The first-order chi connectivity index (χ1) is 14.9. The summed E-state index contributed by atoms with van der Waals surface area (Å²) in [5.74, 6) is 0.0214. The molecule has 31 heavy (non-hydrogen) atoms. The Morgan fingerprint density at radius 1 is 1.23 bits per heavy atom. The molecule has 1 aromatic carbocycles. The van der Waals surface area contributed by atoms with Crippen LogP contribution in [0.25, 0.3) is 11.3 Å². The number of aryl methyl sites for hydroxylation is 2. The zero-order chi connectivity index (χ0) is 22.0. The summed E-state index contributed by atoms with van der Waals surface area (Å²) >= 11 is 0. The standard InChI is InChI=1S/C23H26F2N4O2/c1-14-9-21(31-28-14)19-13-29(2)27-23(19)16-5-3-15(4-6-16)12-26-22(30)11-17-10-18(24)7-8-20(17)25/h7-10,13,15-16H,3-6,11-12H2,1-2H3,(H,26,30). The monoisotopic (exact) mass is 428 g/mol. The first kappa shape index (κ1) is 21.2. The first-order valence-electron chi connectivity index (χ1n) is 10.6. The SMILES string of the molecule is Cc1cc(-c2cn(C)nc2C2CCC(CNC(=O)Cc3cc(F)ccc3F)CC2)on1. The van der Waals surface area contributed by atoms with Crippen molar-refractivity contribution >= 4 is 5.91 Å². The van der Waals surface area contributed by atoms with E-state index >= 15 is 0 Å². The lowest BCUT2D eigenvalue weighted by atomic mass is 9.79. The van der Waals surface area contributed by atoms with Gasteiger partial charge in [0.2, 0.25) is 5.91 Å². The first-order valence-corrected chi connectivity index (χ1v) is 10.6. The number of benzene rings is 1. The number of carbonyl (C=O) groups is 1. The van der Waals surface area contributed by atoms with Gasteiger partial charge in [-0.2, -0.15) is 5.10 Å². The molecule has 164 valence electrons. The number of aromatic nitrogens is 3. The molecule has 0 bridgehead atoms. The lowest BCUT2D eigenvalue weighted by molar-refractivity contribution is -0.120. The molecule has 2 heterocycles. The highest BCUT2D eigenvalue weighted by atomic mass is 19.1. The van der Waals surface area contributed by atoms with Crippen LogP contribution in [0.5, 0.6) is 0 Å². The van der Waals surface area contributed by atoms with Crippen LogP contribution in [-0.2, 0) is 18.3 Å². The summed E-state index contributed by atoms with van der Waals surface area (Å²) < 4.78 is 34.2. The highest BCUT2D eigenvalue weighted by molar-refractivity contribution is 5.78. The summed E-state index contributed by atoms with van der Waals surface area (Å²) in [5.41, 5.74) is 2.92. The Labute approximate surface area is 179 Å². The third-order valence-corrected chi connectivity index (χ3v) is 5.93. The van der Waals surface area contributed by atoms with E-state index in [2.05, 4.69) is 15.6 Å². The second-order valence-electron chi connectivity index (χ2n) is 8.37. The van der Waals surface area contributed by atoms with Gasteiger partial charge in [-0.3, -0.25) is 9.48 Å². The molecule has 8 heteroatoms. The van der Waals surface area contributed by atoms with Crippen molar-refractivity contribution in [3.63, 3.8) is 0 Å². The molecule has 3 aromatic rings. The van der Waals surface area contributed by atoms with Crippen LogP contribution >= 0.6 is 0 Å². The van der Waals surface area contributed by atoms with Gasteiger partial charge in [-0.05, 0) is 56.7 Å². The van der Waals surface area contributed by atoms with Gasteiger partial charge in [-0.15, -0.1) is 0 Å². The molecular weight excluding hydrogens is 402 g/mol. The van der Waals surface area contributed by atoms with Gasteiger partial charge in [0.05, 0.1) is 23.4 Å². The van der Waals surface area contributed by atoms with Crippen LogP contribution in [0.15, 0.2) is 35.0 Å². The maximum Gasteiger partial charge on any atom is 0.224 e. The summed E-state index contributed by atoms with van der Waals surface area (Å²) in [7, 11) is 1.90. The molecule has 6 nitrogen and oxygen atoms in total. The van der Waals surface area contributed by atoms with Gasteiger partial charge in [-0.25, -0.2) is 8.78 Å². The molecule has 1 aliphatic rings. The molecule has 1 amide bonds. The Kier molecular flexibility index (Phi) is 6.15. The molecule has 1 N–H and O–H groups in total. The van der Waals surface area contributed by atoms with Gasteiger partial charge in [-0.1, -0.05) is 5.16 Å². The molecule has 1 saturated carbocycles. The highest BCUT2D eigenvalue weighted by Crippen LogP contribution is 2.39. The molecule has 0 atom stereocenters. The fraction of sp³-hybridized carbons (Fsp3) is 0.435. The van der Waals surface area contributed by atoms with Gasteiger partial charge in [0.1, 0.15) is 11.6 Å². The van der Waals surface area contributed by atoms with Crippen LogP contribution in [0.1, 0.15) is 48.6 Å². The molecule has 4 rings (SSSR count). The zero-order valence-corrected chi connectivity index (χ0v) is 17.7. The fourth-order valence-corrected chi connectivity index (χ4v) is 4.30. The Morgan fingerprint density at radius 2 is 2.00 bits per heavy atom. The molecule has 2 aromatic heterocycles. The Morgan fingerprint density at radius 3 is 2.71 bits per heavy atom. The van der Waals surface area contributed by atoms with Crippen LogP contribution in [0.4, 0.5) is 8.78 Å². The zero-order valence-electron chi connectivity index (χ0n) is 17.7. The lowest BCUT2D eigenvalue weighted by Gasteiger charge is -2.28. The second-order valence-corrected chi connectivity index (χ2v) is 8.37. The van der Waals surface area contributed by atoms with E-state index in [1.54, 1.807) is 4.68 Å². The van der Waals surface area contributed by atoms with Gasteiger partial charge < -0.3 is 9.84 Å². The smallest absolute Gasteiger partial charge is 0.224 e. The summed E-state index contributed by atoms with van der Waals surface area (Å²) in [6.45, 7) is 2.43. The van der Waals surface area contributed by atoms with E-state index in [1.165, 1.54) is 0 Å². The normalized spacial score (nSPS) is 18.8. The van der Waals surface area contributed by atoms with Crippen LogP contribution in [0.2, 0.25) is 0 Å². The van der Waals surface area contributed by atoms with E-state index in [1.807, 2.05) is 26.2 Å². The van der Waals surface area contributed by atoms with Crippen molar-refractivity contribution in [2.24, 2.45) is 13.0 Å².